The normalized spacial score (nSPS) is 16.6. The van der Waals surface area contributed by atoms with Crippen LogP contribution in [0.1, 0.15) is 34.0 Å². The van der Waals surface area contributed by atoms with Crippen molar-refractivity contribution in [2.24, 2.45) is 0 Å². The summed E-state index contributed by atoms with van der Waals surface area (Å²) in [5, 5.41) is 6.23. The summed E-state index contributed by atoms with van der Waals surface area (Å²) in [6.45, 7) is 1.76. The molecule has 0 saturated carbocycles. The molecule has 2 amide bonds. The Hall–Kier alpha value is -3.46. The van der Waals surface area contributed by atoms with Crippen molar-refractivity contribution in [1.82, 2.24) is 9.46 Å². The molecule has 8 nitrogen and oxygen atoms in total. The third-order valence-corrected chi connectivity index (χ3v) is 6.69. The van der Waals surface area contributed by atoms with Crippen molar-refractivity contribution in [3.8, 4) is 0 Å². The number of anilines is 1. The van der Waals surface area contributed by atoms with Gasteiger partial charge in [0.2, 0.25) is 5.91 Å². The van der Waals surface area contributed by atoms with Gasteiger partial charge in [0.05, 0.1) is 4.90 Å². The number of aromatic nitrogens is 1. The molecule has 0 unspecified atom stereocenters. The van der Waals surface area contributed by atoms with Gasteiger partial charge < -0.3 is 9.84 Å². The fourth-order valence-corrected chi connectivity index (χ4v) is 4.90. The molecule has 0 radical (unpaired) electrons. The summed E-state index contributed by atoms with van der Waals surface area (Å²) in [4.78, 5) is 24.8. The van der Waals surface area contributed by atoms with Crippen LogP contribution in [0.4, 0.5) is 5.82 Å². The predicted molar refractivity (Wildman–Crippen MR) is 108 cm³/mol. The number of sulfonamides is 1. The van der Waals surface area contributed by atoms with Crippen LogP contribution >= 0.6 is 0 Å². The van der Waals surface area contributed by atoms with Gasteiger partial charge in [0.15, 0.2) is 5.82 Å². The van der Waals surface area contributed by atoms with Gasteiger partial charge in [-0.2, -0.15) is 0 Å². The van der Waals surface area contributed by atoms with Crippen molar-refractivity contribution >= 4 is 27.7 Å². The second-order valence-corrected chi connectivity index (χ2v) is 8.91. The highest BCUT2D eigenvalue weighted by molar-refractivity contribution is 7.89. The van der Waals surface area contributed by atoms with Crippen LogP contribution < -0.4 is 5.32 Å². The minimum atomic E-state index is -4.08. The summed E-state index contributed by atoms with van der Waals surface area (Å²) in [5.74, 6) is -0.435. The number of rotatable bonds is 5. The Morgan fingerprint density at radius 2 is 1.90 bits per heavy atom. The average molecular weight is 425 g/mol. The molecule has 9 heteroatoms. The SMILES string of the molecule is Cc1cc(NC(=O)c2cccc(S(=O)(=O)N3C[C@H](c4ccccc4)CC3=O)c2)no1. The summed E-state index contributed by atoms with van der Waals surface area (Å²) in [7, 11) is -4.08. The Morgan fingerprint density at radius 3 is 2.60 bits per heavy atom. The van der Waals surface area contributed by atoms with E-state index >= 15 is 0 Å². The molecule has 154 valence electrons. The van der Waals surface area contributed by atoms with Crippen LogP contribution in [0.3, 0.4) is 0 Å². The van der Waals surface area contributed by atoms with Crippen molar-refractivity contribution in [1.29, 1.82) is 0 Å². The van der Waals surface area contributed by atoms with Crippen molar-refractivity contribution in [3.63, 3.8) is 0 Å². The van der Waals surface area contributed by atoms with E-state index in [1.165, 1.54) is 24.3 Å². The third-order valence-electron chi connectivity index (χ3n) is 4.91. The molecule has 30 heavy (non-hydrogen) atoms. The Labute approximate surface area is 173 Å². The molecule has 1 aliphatic rings. The van der Waals surface area contributed by atoms with Crippen molar-refractivity contribution in [2.75, 3.05) is 11.9 Å². The number of hydrogen-bond donors (Lipinski definition) is 1. The van der Waals surface area contributed by atoms with Crippen LogP contribution in [-0.2, 0) is 14.8 Å². The lowest BCUT2D eigenvalue weighted by Crippen LogP contribution is -2.32. The van der Waals surface area contributed by atoms with Gasteiger partial charge in [0.25, 0.3) is 15.9 Å². The van der Waals surface area contributed by atoms with Gasteiger partial charge in [-0.3, -0.25) is 9.59 Å². The molecule has 1 N–H and O–H groups in total. The first kappa shape index (κ1) is 19.8. The van der Waals surface area contributed by atoms with E-state index in [0.717, 1.165) is 9.87 Å². The number of carbonyl (C=O) groups excluding carboxylic acids is 2. The minimum absolute atomic E-state index is 0.0693. The number of nitrogens with zero attached hydrogens (tertiary/aromatic N) is 2. The summed E-state index contributed by atoms with van der Waals surface area (Å²) in [6, 6.07) is 16.5. The van der Waals surface area contributed by atoms with Gasteiger partial charge in [0.1, 0.15) is 5.76 Å². The highest BCUT2D eigenvalue weighted by atomic mass is 32.2. The second-order valence-electron chi connectivity index (χ2n) is 7.05. The van der Waals surface area contributed by atoms with E-state index in [4.69, 9.17) is 4.52 Å². The standard InChI is InChI=1S/C21H19N3O5S/c1-14-10-19(23-29-14)22-21(26)16-8-5-9-18(11-16)30(27,28)24-13-17(12-20(24)25)15-6-3-2-4-7-15/h2-11,17H,12-13H2,1H3,(H,22,23,26)/t17-/m1/s1. The molecule has 4 rings (SSSR count). The summed E-state index contributed by atoms with van der Waals surface area (Å²) in [5.41, 5.74) is 1.04. The van der Waals surface area contributed by atoms with Gasteiger partial charge in [0, 0.05) is 30.5 Å². The fourth-order valence-electron chi connectivity index (χ4n) is 3.40. The first-order valence-corrected chi connectivity index (χ1v) is 10.7. The van der Waals surface area contributed by atoms with E-state index in [9.17, 15) is 18.0 Å². The van der Waals surface area contributed by atoms with E-state index < -0.39 is 21.8 Å². The van der Waals surface area contributed by atoms with Crippen molar-refractivity contribution in [2.45, 2.75) is 24.2 Å². The maximum absolute atomic E-state index is 13.1. The molecule has 2 aromatic carbocycles. The maximum atomic E-state index is 13.1. The molecule has 0 aliphatic carbocycles. The van der Waals surface area contributed by atoms with E-state index in [0.29, 0.717) is 5.76 Å². The zero-order valence-electron chi connectivity index (χ0n) is 16.1. The van der Waals surface area contributed by atoms with E-state index in [1.807, 2.05) is 30.3 Å². The summed E-state index contributed by atoms with van der Waals surface area (Å²) >= 11 is 0. The molecule has 1 saturated heterocycles. The summed E-state index contributed by atoms with van der Waals surface area (Å²) in [6.07, 6.45) is 0.120. The average Bonchev–Trinajstić information content (AvgIpc) is 3.34. The lowest BCUT2D eigenvalue weighted by atomic mass is 9.99. The quantitative estimate of drug-likeness (QED) is 0.673. The van der Waals surface area contributed by atoms with E-state index in [2.05, 4.69) is 10.5 Å². The summed E-state index contributed by atoms with van der Waals surface area (Å²) < 4.78 is 32.0. The number of aryl methyl sites for hydroxylation is 1. The Kier molecular flexibility index (Phi) is 5.13. The van der Waals surface area contributed by atoms with Gasteiger partial charge >= 0.3 is 0 Å². The number of amides is 2. The largest absolute Gasteiger partial charge is 0.360 e. The van der Waals surface area contributed by atoms with Gasteiger partial charge in [-0.15, -0.1) is 0 Å². The van der Waals surface area contributed by atoms with Crippen LogP contribution in [0.5, 0.6) is 0 Å². The second kappa shape index (κ2) is 7.75. The number of nitrogens with one attached hydrogen (secondary N) is 1. The molecule has 3 aromatic rings. The molecular formula is C21H19N3O5S. The minimum Gasteiger partial charge on any atom is -0.360 e. The molecule has 0 spiro atoms. The van der Waals surface area contributed by atoms with E-state index in [1.54, 1.807) is 13.0 Å². The number of benzene rings is 2. The molecule has 1 aromatic heterocycles. The zero-order valence-corrected chi connectivity index (χ0v) is 16.9. The van der Waals surface area contributed by atoms with Crippen LogP contribution in [0.2, 0.25) is 0 Å². The van der Waals surface area contributed by atoms with Gasteiger partial charge in [-0.05, 0) is 30.7 Å². The highest BCUT2D eigenvalue weighted by Crippen LogP contribution is 2.32. The molecule has 1 fully saturated rings. The van der Waals surface area contributed by atoms with Gasteiger partial charge in [-0.1, -0.05) is 41.6 Å². The molecule has 1 aliphatic heterocycles. The number of hydrogen-bond acceptors (Lipinski definition) is 6. The fraction of sp³-hybridized carbons (Fsp3) is 0.190. The van der Waals surface area contributed by atoms with Crippen LogP contribution in [0, 0.1) is 6.92 Å². The van der Waals surface area contributed by atoms with Gasteiger partial charge in [-0.25, -0.2) is 12.7 Å². The third kappa shape index (κ3) is 3.84. The lowest BCUT2D eigenvalue weighted by molar-refractivity contribution is -0.123. The molecule has 1 atom stereocenters. The lowest BCUT2D eigenvalue weighted by Gasteiger charge is -2.17. The van der Waals surface area contributed by atoms with Crippen LogP contribution in [-0.4, -0.2) is 36.2 Å². The van der Waals surface area contributed by atoms with E-state index in [-0.39, 0.29) is 35.2 Å². The smallest absolute Gasteiger partial charge is 0.266 e. The van der Waals surface area contributed by atoms with Crippen LogP contribution in [0.15, 0.2) is 70.1 Å². The predicted octanol–water partition coefficient (Wildman–Crippen LogP) is 2.94. The number of carbonyl (C=O) groups is 2. The monoisotopic (exact) mass is 425 g/mol. The van der Waals surface area contributed by atoms with Crippen molar-refractivity contribution < 1.29 is 22.5 Å². The molecule has 0 bridgehead atoms. The van der Waals surface area contributed by atoms with Crippen molar-refractivity contribution in [3.05, 3.63) is 77.6 Å². The first-order valence-electron chi connectivity index (χ1n) is 9.30. The highest BCUT2D eigenvalue weighted by Gasteiger charge is 2.39. The zero-order chi connectivity index (χ0) is 21.3. The topological polar surface area (TPSA) is 110 Å². The maximum Gasteiger partial charge on any atom is 0.266 e. The Bertz CT molecular complexity index is 1200. The molecule has 2 heterocycles. The Balaban J connectivity index is 1.56. The Morgan fingerprint density at radius 1 is 1.13 bits per heavy atom. The van der Waals surface area contributed by atoms with Crippen LogP contribution in [0.25, 0.3) is 0 Å². The molecular weight excluding hydrogens is 406 g/mol. The first-order chi connectivity index (χ1) is 14.3.